The number of carbonyl (C=O) groups is 1. The first-order valence-electron chi connectivity index (χ1n) is 5.70. The number of halogens is 1. The molecule has 0 unspecified atom stereocenters. The third kappa shape index (κ3) is 4.70. The maximum atomic E-state index is 13.7. The number of hydrogen-bond donors (Lipinski definition) is 3. The Kier molecular flexibility index (Phi) is 5.50. The minimum absolute atomic E-state index is 0.156. The second-order valence-electron chi connectivity index (χ2n) is 4.11. The van der Waals surface area contributed by atoms with Gasteiger partial charge in [-0.2, -0.15) is 0 Å². The van der Waals surface area contributed by atoms with Gasteiger partial charge >= 0.3 is 6.03 Å². The molecule has 0 spiro atoms. The number of hydrogen-bond acceptors (Lipinski definition) is 3. The van der Waals surface area contributed by atoms with Crippen LogP contribution in [0.1, 0.15) is 5.56 Å². The molecule has 0 radical (unpaired) electrons. The Morgan fingerprint density at radius 1 is 1.42 bits per heavy atom. The fourth-order valence-electron chi connectivity index (χ4n) is 1.34. The highest BCUT2D eigenvalue weighted by Crippen LogP contribution is 2.15. The van der Waals surface area contributed by atoms with Gasteiger partial charge in [0.2, 0.25) is 0 Å². The summed E-state index contributed by atoms with van der Waals surface area (Å²) in [7, 11) is 3.30. The van der Waals surface area contributed by atoms with Crippen molar-refractivity contribution >= 4 is 28.9 Å². The lowest BCUT2D eigenvalue weighted by Gasteiger charge is -2.13. The van der Waals surface area contributed by atoms with Crippen LogP contribution >= 0.6 is 12.2 Å². The van der Waals surface area contributed by atoms with Crippen LogP contribution in [-0.4, -0.2) is 43.1 Å². The Hall–Kier alpha value is -1.89. The summed E-state index contributed by atoms with van der Waals surface area (Å²) in [6.45, 7) is 0.816. The molecule has 0 aliphatic rings. The van der Waals surface area contributed by atoms with E-state index in [4.69, 9.17) is 18.0 Å². The lowest BCUT2D eigenvalue weighted by Crippen LogP contribution is -2.37. The number of nitrogens with two attached hydrogens (primary N) is 1. The number of benzene rings is 1. The van der Waals surface area contributed by atoms with Gasteiger partial charge in [0.1, 0.15) is 10.8 Å². The van der Waals surface area contributed by atoms with Crippen LogP contribution in [0.2, 0.25) is 0 Å². The number of rotatable bonds is 5. The summed E-state index contributed by atoms with van der Waals surface area (Å²) < 4.78 is 13.7. The molecule has 0 saturated carbocycles. The largest absolute Gasteiger partial charge is 0.389 e. The van der Waals surface area contributed by atoms with Gasteiger partial charge < -0.3 is 21.3 Å². The summed E-state index contributed by atoms with van der Waals surface area (Å²) in [4.78, 5) is 12.8. The summed E-state index contributed by atoms with van der Waals surface area (Å²) in [6, 6.07) is 4.30. The van der Waals surface area contributed by atoms with Crippen molar-refractivity contribution < 1.29 is 9.18 Å². The molecule has 1 aromatic rings. The van der Waals surface area contributed by atoms with E-state index in [1.165, 1.54) is 11.0 Å². The summed E-state index contributed by atoms with van der Waals surface area (Å²) in [5.41, 5.74) is 6.24. The summed E-state index contributed by atoms with van der Waals surface area (Å²) >= 11 is 4.76. The van der Waals surface area contributed by atoms with Gasteiger partial charge in [0, 0.05) is 32.7 Å². The lowest BCUT2D eigenvalue weighted by molar-refractivity contribution is 0.218. The predicted octanol–water partition coefficient (Wildman–Crippen LogP) is 1.14. The standard InChI is InChI=1S/C12H17FN4OS/c1-17(2)12(18)16-6-5-15-10-4-3-8(11(14)19)7-9(10)13/h3-4,7,15H,5-6H2,1-2H3,(H2,14,19)(H,16,18). The van der Waals surface area contributed by atoms with Gasteiger partial charge in [-0.3, -0.25) is 0 Å². The molecular formula is C12H17FN4OS. The summed E-state index contributed by atoms with van der Waals surface area (Å²) in [5.74, 6) is -0.427. The Balaban J connectivity index is 2.46. The quantitative estimate of drug-likeness (QED) is 0.560. The molecule has 7 heteroatoms. The van der Waals surface area contributed by atoms with Crippen LogP contribution in [0.15, 0.2) is 18.2 Å². The zero-order chi connectivity index (χ0) is 14.4. The van der Waals surface area contributed by atoms with Crippen LogP contribution in [-0.2, 0) is 0 Å². The maximum absolute atomic E-state index is 13.7. The van der Waals surface area contributed by atoms with Crippen molar-refractivity contribution in [3.05, 3.63) is 29.6 Å². The van der Waals surface area contributed by atoms with Crippen molar-refractivity contribution in [3.8, 4) is 0 Å². The van der Waals surface area contributed by atoms with E-state index < -0.39 is 5.82 Å². The molecule has 5 nitrogen and oxygen atoms in total. The molecule has 104 valence electrons. The first-order chi connectivity index (χ1) is 8.91. The van der Waals surface area contributed by atoms with E-state index in [0.717, 1.165) is 0 Å². The van der Waals surface area contributed by atoms with Gasteiger partial charge in [-0.15, -0.1) is 0 Å². The fraction of sp³-hybridized carbons (Fsp3) is 0.333. The molecule has 4 N–H and O–H groups in total. The Morgan fingerprint density at radius 3 is 2.63 bits per heavy atom. The summed E-state index contributed by atoms with van der Waals surface area (Å²) in [6.07, 6.45) is 0. The minimum Gasteiger partial charge on any atom is -0.389 e. The topological polar surface area (TPSA) is 70.4 Å². The number of urea groups is 1. The fourth-order valence-corrected chi connectivity index (χ4v) is 1.46. The molecule has 0 bridgehead atoms. The predicted molar refractivity (Wildman–Crippen MR) is 77.9 cm³/mol. The molecule has 0 heterocycles. The smallest absolute Gasteiger partial charge is 0.316 e. The van der Waals surface area contributed by atoms with Gasteiger partial charge in [-0.1, -0.05) is 12.2 Å². The number of thiocarbonyl (C=S) groups is 1. The number of nitrogens with zero attached hydrogens (tertiary/aromatic N) is 1. The van der Waals surface area contributed by atoms with Gasteiger partial charge in [0.05, 0.1) is 5.69 Å². The second kappa shape index (κ2) is 6.89. The van der Waals surface area contributed by atoms with Crippen LogP contribution in [0.4, 0.5) is 14.9 Å². The second-order valence-corrected chi connectivity index (χ2v) is 4.55. The lowest BCUT2D eigenvalue weighted by atomic mass is 10.2. The molecule has 0 atom stereocenters. The Morgan fingerprint density at radius 2 is 2.11 bits per heavy atom. The first-order valence-corrected chi connectivity index (χ1v) is 6.11. The van der Waals surface area contributed by atoms with E-state index in [1.807, 2.05) is 0 Å². The van der Waals surface area contributed by atoms with Gasteiger partial charge in [-0.25, -0.2) is 9.18 Å². The zero-order valence-electron chi connectivity index (χ0n) is 10.9. The molecule has 0 fully saturated rings. The van der Waals surface area contributed by atoms with Gasteiger partial charge in [-0.05, 0) is 18.2 Å². The van der Waals surface area contributed by atoms with E-state index in [9.17, 15) is 9.18 Å². The highest BCUT2D eigenvalue weighted by Gasteiger charge is 2.05. The molecule has 19 heavy (non-hydrogen) atoms. The molecular weight excluding hydrogens is 267 g/mol. The van der Waals surface area contributed by atoms with Crippen molar-refractivity contribution in [1.82, 2.24) is 10.2 Å². The van der Waals surface area contributed by atoms with Crippen LogP contribution in [0.25, 0.3) is 0 Å². The maximum Gasteiger partial charge on any atom is 0.316 e. The number of nitrogens with one attached hydrogen (secondary N) is 2. The van der Waals surface area contributed by atoms with Crippen molar-refractivity contribution in [2.45, 2.75) is 0 Å². The molecule has 0 saturated heterocycles. The van der Waals surface area contributed by atoms with Crippen LogP contribution in [0.5, 0.6) is 0 Å². The Labute approximate surface area is 117 Å². The number of carbonyl (C=O) groups excluding carboxylic acids is 1. The normalized spacial score (nSPS) is 9.84. The van der Waals surface area contributed by atoms with Crippen LogP contribution in [0.3, 0.4) is 0 Å². The first kappa shape index (κ1) is 15.2. The van der Waals surface area contributed by atoms with Crippen molar-refractivity contribution in [2.24, 2.45) is 5.73 Å². The molecule has 0 aliphatic carbocycles. The molecule has 0 aliphatic heterocycles. The van der Waals surface area contributed by atoms with E-state index in [-0.39, 0.29) is 11.0 Å². The van der Waals surface area contributed by atoms with Crippen molar-refractivity contribution in [1.29, 1.82) is 0 Å². The van der Waals surface area contributed by atoms with Crippen LogP contribution in [0, 0.1) is 5.82 Å². The molecule has 1 rings (SSSR count). The van der Waals surface area contributed by atoms with E-state index in [1.54, 1.807) is 26.2 Å². The molecule has 2 amide bonds. The third-order valence-corrected chi connectivity index (χ3v) is 2.61. The number of amides is 2. The number of anilines is 1. The van der Waals surface area contributed by atoms with Crippen molar-refractivity contribution in [2.75, 3.05) is 32.5 Å². The SMILES string of the molecule is CN(C)C(=O)NCCNc1ccc(C(N)=S)cc1F. The van der Waals surface area contributed by atoms with Gasteiger partial charge in [0.25, 0.3) is 0 Å². The van der Waals surface area contributed by atoms with Crippen molar-refractivity contribution in [3.63, 3.8) is 0 Å². The Bertz CT molecular complexity index is 479. The third-order valence-electron chi connectivity index (χ3n) is 2.38. The highest BCUT2D eigenvalue weighted by atomic mass is 32.1. The minimum atomic E-state index is -0.427. The molecule has 1 aromatic carbocycles. The van der Waals surface area contributed by atoms with Crippen LogP contribution < -0.4 is 16.4 Å². The summed E-state index contributed by atoms with van der Waals surface area (Å²) in [5, 5.41) is 5.54. The van der Waals surface area contributed by atoms with E-state index >= 15 is 0 Å². The zero-order valence-corrected chi connectivity index (χ0v) is 11.7. The molecule has 0 aromatic heterocycles. The highest BCUT2D eigenvalue weighted by molar-refractivity contribution is 7.80. The van der Waals surface area contributed by atoms with E-state index in [2.05, 4.69) is 10.6 Å². The van der Waals surface area contributed by atoms with Gasteiger partial charge in [0.15, 0.2) is 0 Å². The average molecular weight is 284 g/mol. The monoisotopic (exact) mass is 284 g/mol. The van der Waals surface area contributed by atoms with E-state index in [0.29, 0.717) is 24.3 Å². The average Bonchev–Trinajstić information content (AvgIpc) is 2.35.